The zero-order chi connectivity index (χ0) is 12.1. The monoisotopic (exact) mass is 240 g/mol. The summed E-state index contributed by atoms with van der Waals surface area (Å²) in [5.74, 6) is -1.07. The van der Waals surface area contributed by atoms with E-state index in [-0.39, 0.29) is 22.9 Å². The number of carbonyl (C=O) groups is 2. The highest BCUT2D eigenvalue weighted by Gasteiger charge is 2.12. The van der Waals surface area contributed by atoms with Gasteiger partial charge >= 0.3 is 5.97 Å². The first-order valence-electron chi connectivity index (χ1n) is 4.46. The number of nitrogens with one attached hydrogen (secondary N) is 1. The molecule has 0 aliphatic heterocycles. The Morgan fingerprint density at radius 2 is 2.19 bits per heavy atom. The SMILES string of the molecule is CSCC(=O)Nc1ccc(N)cc1C(=O)O. The molecule has 0 saturated heterocycles. The summed E-state index contributed by atoms with van der Waals surface area (Å²) in [4.78, 5) is 22.2. The molecule has 1 aromatic rings. The van der Waals surface area contributed by atoms with Crippen molar-refractivity contribution in [1.82, 2.24) is 0 Å². The normalized spacial score (nSPS) is 9.81. The van der Waals surface area contributed by atoms with Crippen LogP contribution in [0, 0.1) is 0 Å². The van der Waals surface area contributed by atoms with Crippen LogP contribution in [-0.2, 0) is 4.79 Å². The summed E-state index contributed by atoms with van der Waals surface area (Å²) in [6.45, 7) is 0. The molecule has 6 heteroatoms. The molecule has 0 aliphatic rings. The molecule has 0 saturated carbocycles. The van der Waals surface area contributed by atoms with E-state index in [2.05, 4.69) is 5.32 Å². The second-order valence-corrected chi connectivity index (χ2v) is 3.96. The number of hydrogen-bond acceptors (Lipinski definition) is 4. The molecule has 0 unspecified atom stereocenters. The van der Waals surface area contributed by atoms with Crippen molar-refractivity contribution < 1.29 is 14.7 Å². The lowest BCUT2D eigenvalue weighted by Gasteiger charge is -2.08. The van der Waals surface area contributed by atoms with Crippen LogP contribution in [0.4, 0.5) is 11.4 Å². The van der Waals surface area contributed by atoms with Crippen LogP contribution in [0.5, 0.6) is 0 Å². The van der Waals surface area contributed by atoms with Crippen molar-refractivity contribution in [3.63, 3.8) is 0 Å². The van der Waals surface area contributed by atoms with E-state index in [4.69, 9.17) is 10.8 Å². The summed E-state index contributed by atoms with van der Waals surface area (Å²) in [7, 11) is 0. The summed E-state index contributed by atoms with van der Waals surface area (Å²) < 4.78 is 0. The second kappa shape index (κ2) is 5.41. The topological polar surface area (TPSA) is 92.4 Å². The van der Waals surface area contributed by atoms with Gasteiger partial charge in [-0.2, -0.15) is 11.8 Å². The van der Waals surface area contributed by atoms with Gasteiger partial charge in [0.25, 0.3) is 0 Å². The van der Waals surface area contributed by atoms with Crippen LogP contribution in [0.15, 0.2) is 18.2 Å². The van der Waals surface area contributed by atoms with Gasteiger partial charge in [-0.25, -0.2) is 4.79 Å². The molecule has 4 N–H and O–H groups in total. The highest BCUT2D eigenvalue weighted by molar-refractivity contribution is 7.99. The number of aromatic carboxylic acids is 1. The van der Waals surface area contributed by atoms with Gasteiger partial charge in [0.2, 0.25) is 5.91 Å². The zero-order valence-corrected chi connectivity index (χ0v) is 9.50. The molecule has 16 heavy (non-hydrogen) atoms. The van der Waals surface area contributed by atoms with Gasteiger partial charge in [-0.05, 0) is 24.5 Å². The molecule has 1 rings (SSSR count). The number of nitrogens with two attached hydrogens (primary N) is 1. The van der Waals surface area contributed by atoms with Crippen molar-refractivity contribution in [3.05, 3.63) is 23.8 Å². The minimum Gasteiger partial charge on any atom is -0.478 e. The molecule has 86 valence electrons. The van der Waals surface area contributed by atoms with Crippen LogP contribution >= 0.6 is 11.8 Å². The van der Waals surface area contributed by atoms with E-state index in [0.29, 0.717) is 5.69 Å². The number of anilines is 2. The van der Waals surface area contributed by atoms with E-state index >= 15 is 0 Å². The highest BCUT2D eigenvalue weighted by atomic mass is 32.2. The van der Waals surface area contributed by atoms with Crippen LogP contribution in [0.1, 0.15) is 10.4 Å². The average molecular weight is 240 g/mol. The zero-order valence-electron chi connectivity index (χ0n) is 8.69. The van der Waals surface area contributed by atoms with E-state index < -0.39 is 5.97 Å². The summed E-state index contributed by atoms with van der Waals surface area (Å²) in [6.07, 6.45) is 1.79. The number of carboxylic acids is 1. The summed E-state index contributed by atoms with van der Waals surface area (Å²) in [5.41, 5.74) is 6.08. The van der Waals surface area contributed by atoms with E-state index in [9.17, 15) is 9.59 Å². The van der Waals surface area contributed by atoms with Crippen molar-refractivity contribution in [2.24, 2.45) is 0 Å². The molecule has 0 aromatic heterocycles. The highest BCUT2D eigenvalue weighted by Crippen LogP contribution is 2.19. The Hall–Kier alpha value is -1.69. The van der Waals surface area contributed by atoms with E-state index in [1.807, 2.05) is 0 Å². The third kappa shape index (κ3) is 3.16. The third-order valence-corrected chi connectivity index (χ3v) is 2.37. The minimum atomic E-state index is -1.12. The molecule has 0 bridgehead atoms. The maximum Gasteiger partial charge on any atom is 0.337 e. The van der Waals surface area contributed by atoms with Crippen molar-refractivity contribution in [2.75, 3.05) is 23.1 Å². The average Bonchev–Trinajstić information content (AvgIpc) is 2.20. The fourth-order valence-corrected chi connectivity index (χ4v) is 1.50. The smallest absolute Gasteiger partial charge is 0.337 e. The number of thioether (sulfide) groups is 1. The largest absolute Gasteiger partial charge is 0.478 e. The van der Waals surface area contributed by atoms with Gasteiger partial charge in [-0.1, -0.05) is 0 Å². The van der Waals surface area contributed by atoms with E-state index in [1.165, 1.54) is 23.9 Å². The maximum atomic E-state index is 11.3. The molecule has 0 radical (unpaired) electrons. The molecular formula is C10H12N2O3S. The number of nitrogen functional groups attached to an aromatic ring is 1. The molecule has 0 fully saturated rings. The van der Waals surface area contributed by atoms with Crippen LogP contribution in [0.2, 0.25) is 0 Å². The van der Waals surface area contributed by atoms with Gasteiger partial charge in [0.05, 0.1) is 17.0 Å². The van der Waals surface area contributed by atoms with Crippen molar-refractivity contribution >= 4 is 35.0 Å². The standard InChI is InChI=1S/C10H12N2O3S/c1-16-5-9(13)12-8-3-2-6(11)4-7(8)10(14)15/h2-4H,5,11H2,1H3,(H,12,13)(H,14,15). The Labute approximate surface area is 97.0 Å². The van der Waals surface area contributed by atoms with Crippen LogP contribution in [0.25, 0.3) is 0 Å². The summed E-state index contributed by atoms with van der Waals surface area (Å²) in [5, 5.41) is 11.4. The molecule has 5 nitrogen and oxygen atoms in total. The number of rotatable bonds is 4. The van der Waals surface area contributed by atoms with Crippen molar-refractivity contribution in [1.29, 1.82) is 0 Å². The van der Waals surface area contributed by atoms with Crippen LogP contribution in [0.3, 0.4) is 0 Å². The molecule has 1 amide bonds. The fraction of sp³-hybridized carbons (Fsp3) is 0.200. The Morgan fingerprint density at radius 1 is 1.50 bits per heavy atom. The summed E-state index contributed by atoms with van der Waals surface area (Å²) >= 11 is 1.36. The number of hydrogen-bond donors (Lipinski definition) is 3. The molecule has 1 aromatic carbocycles. The first-order chi connectivity index (χ1) is 7.54. The molecular weight excluding hydrogens is 228 g/mol. The maximum absolute atomic E-state index is 11.3. The van der Waals surface area contributed by atoms with Crippen molar-refractivity contribution in [2.45, 2.75) is 0 Å². The molecule has 0 heterocycles. The third-order valence-electron chi connectivity index (χ3n) is 1.82. The van der Waals surface area contributed by atoms with Gasteiger partial charge < -0.3 is 16.2 Å². The fourth-order valence-electron chi connectivity index (χ4n) is 1.17. The lowest BCUT2D eigenvalue weighted by molar-refractivity contribution is -0.113. The van der Waals surface area contributed by atoms with Crippen LogP contribution in [-0.4, -0.2) is 29.0 Å². The van der Waals surface area contributed by atoms with Gasteiger partial charge in [0.15, 0.2) is 0 Å². The van der Waals surface area contributed by atoms with Crippen LogP contribution < -0.4 is 11.1 Å². The molecule has 0 aliphatic carbocycles. The van der Waals surface area contributed by atoms with Gasteiger partial charge in [0, 0.05) is 5.69 Å². The number of amides is 1. The summed E-state index contributed by atoms with van der Waals surface area (Å²) in [6, 6.07) is 4.34. The van der Waals surface area contributed by atoms with E-state index in [1.54, 1.807) is 12.3 Å². The lowest BCUT2D eigenvalue weighted by atomic mass is 10.1. The Bertz CT molecular complexity index is 421. The molecule has 0 spiro atoms. The number of carbonyl (C=O) groups excluding carboxylic acids is 1. The van der Waals surface area contributed by atoms with Gasteiger partial charge in [-0.3, -0.25) is 4.79 Å². The second-order valence-electron chi connectivity index (χ2n) is 3.09. The lowest BCUT2D eigenvalue weighted by Crippen LogP contribution is -2.16. The van der Waals surface area contributed by atoms with Gasteiger partial charge in [-0.15, -0.1) is 0 Å². The Kier molecular flexibility index (Phi) is 4.19. The molecule has 0 atom stereocenters. The Balaban J connectivity index is 2.95. The van der Waals surface area contributed by atoms with E-state index in [0.717, 1.165) is 0 Å². The minimum absolute atomic E-state index is 0.00514. The predicted molar refractivity (Wildman–Crippen MR) is 64.8 cm³/mol. The predicted octanol–water partition coefficient (Wildman–Crippen LogP) is 1.27. The van der Waals surface area contributed by atoms with Gasteiger partial charge in [0.1, 0.15) is 0 Å². The Morgan fingerprint density at radius 3 is 2.75 bits per heavy atom. The first kappa shape index (κ1) is 12.4. The first-order valence-corrected chi connectivity index (χ1v) is 5.85. The number of benzene rings is 1. The quantitative estimate of drug-likeness (QED) is 0.689. The number of carboxylic acid groups (broad SMARTS) is 1. The van der Waals surface area contributed by atoms with Crippen molar-refractivity contribution in [3.8, 4) is 0 Å².